The first kappa shape index (κ1) is 18.0. The van der Waals surface area contributed by atoms with E-state index >= 15 is 0 Å². The fraction of sp³-hybridized carbons (Fsp3) is 0.294. The van der Waals surface area contributed by atoms with Crippen LogP contribution in [0.1, 0.15) is 21.9 Å². The lowest BCUT2D eigenvalue weighted by Crippen LogP contribution is -2.47. The average Bonchev–Trinajstić information content (AvgIpc) is 3.01. The summed E-state index contributed by atoms with van der Waals surface area (Å²) in [4.78, 5) is 13.9. The lowest BCUT2D eigenvalue weighted by atomic mass is 10.1. The molecule has 0 saturated carbocycles. The van der Waals surface area contributed by atoms with Crippen LogP contribution in [0.4, 0.5) is 0 Å². The number of hydrazine groups is 1. The molecule has 0 saturated heterocycles. The Morgan fingerprint density at radius 2 is 1.88 bits per heavy atom. The van der Waals surface area contributed by atoms with E-state index in [1.54, 1.807) is 12.1 Å². The molecule has 128 valence electrons. The second-order valence-electron chi connectivity index (χ2n) is 5.57. The highest BCUT2D eigenvalue weighted by molar-refractivity contribution is 7.80. The summed E-state index contributed by atoms with van der Waals surface area (Å²) in [5, 5.41) is 3.40. The van der Waals surface area contributed by atoms with Crippen molar-refractivity contribution >= 4 is 23.2 Å². The molecule has 1 aromatic carbocycles. The Morgan fingerprint density at radius 1 is 1.12 bits per heavy atom. The molecule has 1 aromatic heterocycles. The largest absolute Gasteiger partial charge is 0.454 e. The molecular weight excluding hydrogens is 324 g/mol. The van der Waals surface area contributed by atoms with E-state index in [1.165, 1.54) is 5.56 Å². The van der Waals surface area contributed by atoms with Gasteiger partial charge in [-0.3, -0.25) is 15.6 Å². The molecule has 1 amide bonds. The third-order valence-corrected chi connectivity index (χ3v) is 3.44. The molecule has 0 aliphatic rings. The molecule has 0 unspecified atom stereocenters. The summed E-state index contributed by atoms with van der Waals surface area (Å²) in [6.07, 6.45) is 0.850. The Hall–Kier alpha value is -2.38. The van der Waals surface area contributed by atoms with Crippen molar-refractivity contribution in [3.05, 3.63) is 59.5 Å². The van der Waals surface area contributed by atoms with Crippen LogP contribution in [0.2, 0.25) is 0 Å². The molecule has 6 nitrogen and oxygen atoms in total. The van der Waals surface area contributed by atoms with Gasteiger partial charge in [-0.25, -0.2) is 0 Å². The number of rotatable bonds is 6. The van der Waals surface area contributed by atoms with Crippen molar-refractivity contribution in [2.45, 2.75) is 13.0 Å². The number of hydrogen-bond acceptors (Lipinski definition) is 4. The maximum Gasteiger partial charge on any atom is 0.305 e. The van der Waals surface area contributed by atoms with Crippen LogP contribution < -0.4 is 16.2 Å². The zero-order chi connectivity index (χ0) is 17.4. The number of nitrogens with zero attached hydrogens (tertiary/aromatic N) is 1. The SMILES string of the molecule is CN(C)Cc1ccc(C(=O)NNC(=S)NCCc2ccccc2)o1. The minimum absolute atomic E-state index is 0.242. The van der Waals surface area contributed by atoms with Crippen LogP contribution in [0.25, 0.3) is 0 Å². The molecule has 0 radical (unpaired) electrons. The van der Waals surface area contributed by atoms with Crippen molar-refractivity contribution < 1.29 is 9.21 Å². The zero-order valence-corrected chi connectivity index (χ0v) is 14.7. The predicted molar refractivity (Wildman–Crippen MR) is 97.4 cm³/mol. The molecule has 0 aliphatic heterocycles. The highest BCUT2D eigenvalue weighted by Crippen LogP contribution is 2.08. The van der Waals surface area contributed by atoms with Crippen molar-refractivity contribution in [3.63, 3.8) is 0 Å². The van der Waals surface area contributed by atoms with Crippen LogP contribution in [-0.2, 0) is 13.0 Å². The van der Waals surface area contributed by atoms with Gasteiger partial charge < -0.3 is 14.6 Å². The maximum atomic E-state index is 12.0. The van der Waals surface area contributed by atoms with Crippen LogP contribution >= 0.6 is 12.2 Å². The van der Waals surface area contributed by atoms with Gasteiger partial charge in [0.15, 0.2) is 10.9 Å². The quantitative estimate of drug-likeness (QED) is 0.546. The van der Waals surface area contributed by atoms with Gasteiger partial charge in [0.2, 0.25) is 0 Å². The van der Waals surface area contributed by atoms with E-state index in [-0.39, 0.29) is 11.7 Å². The average molecular weight is 346 g/mol. The molecule has 0 bridgehead atoms. The molecule has 0 aliphatic carbocycles. The minimum Gasteiger partial charge on any atom is -0.454 e. The van der Waals surface area contributed by atoms with Crippen LogP contribution in [0.3, 0.4) is 0 Å². The second kappa shape index (κ2) is 9.05. The van der Waals surface area contributed by atoms with Crippen LogP contribution in [0.15, 0.2) is 46.9 Å². The van der Waals surface area contributed by atoms with E-state index in [4.69, 9.17) is 16.6 Å². The number of hydrogen-bond donors (Lipinski definition) is 3. The van der Waals surface area contributed by atoms with Gasteiger partial charge in [0.25, 0.3) is 0 Å². The first-order valence-electron chi connectivity index (χ1n) is 7.66. The summed E-state index contributed by atoms with van der Waals surface area (Å²) in [7, 11) is 3.87. The summed E-state index contributed by atoms with van der Waals surface area (Å²) >= 11 is 5.13. The van der Waals surface area contributed by atoms with E-state index < -0.39 is 0 Å². The molecule has 0 fully saturated rings. The number of benzene rings is 1. The van der Waals surface area contributed by atoms with Crippen LogP contribution in [-0.4, -0.2) is 36.6 Å². The monoisotopic (exact) mass is 346 g/mol. The normalized spacial score (nSPS) is 10.5. The smallest absolute Gasteiger partial charge is 0.305 e. The molecule has 2 aromatic rings. The number of nitrogens with one attached hydrogen (secondary N) is 3. The lowest BCUT2D eigenvalue weighted by molar-refractivity contribution is 0.0912. The number of carbonyl (C=O) groups is 1. The van der Waals surface area contributed by atoms with Gasteiger partial charge in [-0.1, -0.05) is 30.3 Å². The van der Waals surface area contributed by atoms with Gasteiger partial charge in [-0.2, -0.15) is 0 Å². The van der Waals surface area contributed by atoms with Crippen LogP contribution in [0.5, 0.6) is 0 Å². The van der Waals surface area contributed by atoms with Gasteiger partial charge in [-0.05, 0) is 50.4 Å². The molecule has 3 N–H and O–H groups in total. The lowest BCUT2D eigenvalue weighted by Gasteiger charge is -2.11. The van der Waals surface area contributed by atoms with Gasteiger partial charge in [-0.15, -0.1) is 0 Å². The molecule has 0 spiro atoms. The Balaban J connectivity index is 1.69. The number of thiocarbonyl (C=S) groups is 1. The Labute approximate surface area is 147 Å². The molecule has 24 heavy (non-hydrogen) atoms. The van der Waals surface area contributed by atoms with Gasteiger partial charge in [0.05, 0.1) is 6.54 Å². The minimum atomic E-state index is -0.368. The maximum absolute atomic E-state index is 12.0. The van der Waals surface area contributed by atoms with Crippen molar-refractivity contribution in [2.75, 3.05) is 20.6 Å². The highest BCUT2D eigenvalue weighted by atomic mass is 32.1. The van der Waals surface area contributed by atoms with Crippen molar-refractivity contribution in [3.8, 4) is 0 Å². The summed E-state index contributed by atoms with van der Waals surface area (Å²) in [6, 6.07) is 13.5. The van der Waals surface area contributed by atoms with Crippen molar-refractivity contribution in [1.29, 1.82) is 0 Å². The fourth-order valence-electron chi connectivity index (χ4n) is 2.08. The summed E-state index contributed by atoms with van der Waals surface area (Å²) < 4.78 is 5.47. The highest BCUT2D eigenvalue weighted by Gasteiger charge is 2.11. The molecular formula is C17H22N4O2S. The number of furan rings is 1. The van der Waals surface area contributed by atoms with E-state index in [0.29, 0.717) is 18.2 Å². The fourth-order valence-corrected chi connectivity index (χ4v) is 2.23. The van der Waals surface area contributed by atoms with Gasteiger partial charge in [0, 0.05) is 6.54 Å². The van der Waals surface area contributed by atoms with E-state index in [9.17, 15) is 4.79 Å². The van der Waals surface area contributed by atoms with E-state index in [1.807, 2.05) is 37.2 Å². The summed E-state index contributed by atoms with van der Waals surface area (Å²) in [5.74, 6) is 0.604. The van der Waals surface area contributed by atoms with Crippen molar-refractivity contribution in [1.82, 2.24) is 21.1 Å². The molecule has 0 atom stereocenters. The zero-order valence-electron chi connectivity index (χ0n) is 13.8. The Morgan fingerprint density at radius 3 is 2.58 bits per heavy atom. The summed E-state index contributed by atoms with van der Waals surface area (Å²) in [6.45, 7) is 1.32. The topological polar surface area (TPSA) is 69.5 Å². The molecule has 7 heteroatoms. The third kappa shape index (κ3) is 6.02. The first-order chi connectivity index (χ1) is 11.5. The summed E-state index contributed by atoms with van der Waals surface area (Å²) in [5.41, 5.74) is 6.40. The predicted octanol–water partition coefficient (Wildman–Crippen LogP) is 1.69. The Bertz CT molecular complexity index is 670. The second-order valence-corrected chi connectivity index (χ2v) is 5.98. The van der Waals surface area contributed by atoms with Gasteiger partial charge in [0.1, 0.15) is 5.76 Å². The number of amides is 1. The van der Waals surface area contributed by atoms with E-state index in [0.717, 1.165) is 12.2 Å². The standard InChI is InChI=1S/C17H22N4O2S/c1-21(2)12-14-8-9-15(23-14)16(22)19-20-17(24)18-11-10-13-6-4-3-5-7-13/h3-9H,10-12H2,1-2H3,(H,19,22)(H2,18,20,24). The van der Waals surface area contributed by atoms with Crippen molar-refractivity contribution in [2.24, 2.45) is 0 Å². The van der Waals surface area contributed by atoms with Gasteiger partial charge >= 0.3 is 5.91 Å². The molecule has 1 heterocycles. The first-order valence-corrected chi connectivity index (χ1v) is 8.07. The number of carbonyl (C=O) groups excluding carboxylic acids is 1. The van der Waals surface area contributed by atoms with Crippen LogP contribution in [0, 0.1) is 0 Å². The molecule has 2 rings (SSSR count). The van der Waals surface area contributed by atoms with E-state index in [2.05, 4.69) is 28.3 Å². The Kier molecular flexibility index (Phi) is 6.77. The third-order valence-electron chi connectivity index (χ3n) is 3.19.